The van der Waals surface area contributed by atoms with Gasteiger partial charge in [-0.1, -0.05) is 111 Å². The highest BCUT2D eigenvalue weighted by Crippen LogP contribution is 2.50. The van der Waals surface area contributed by atoms with Crippen LogP contribution in [0.15, 0.2) is 132 Å². The van der Waals surface area contributed by atoms with Crippen LogP contribution >= 0.6 is 11.3 Å². The van der Waals surface area contributed by atoms with Crippen molar-refractivity contribution in [3.63, 3.8) is 0 Å². The first-order valence-electron chi connectivity index (χ1n) is 14.7. The topological polar surface area (TPSA) is 26.0 Å². The van der Waals surface area contributed by atoms with E-state index in [1.165, 1.54) is 53.6 Å². The van der Waals surface area contributed by atoms with Crippen LogP contribution in [-0.2, 0) is 5.41 Å². The molecular weight excluding hydrogens is 543 g/mol. The fourth-order valence-corrected chi connectivity index (χ4v) is 8.18. The number of rotatable bonds is 3. The molecule has 0 bridgehead atoms. The second-order valence-electron chi connectivity index (χ2n) is 12.0. The average molecular weight is 570 g/mol. The van der Waals surface area contributed by atoms with Gasteiger partial charge in [0.05, 0.1) is 0 Å². The van der Waals surface area contributed by atoms with Crippen molar-refractivity contribution in [3.8, 4) is 44.8 Å². The first-order valence-corrected chi connectivity index (χ1v) is 15.5. The van der Waals surface area contributed by atoms with E-state index in [2.05, 4.69) is 135 Å². The second-order valence-corrected chi connectivity index (χ2v) is 13.0. The van der Waals surface area contributed by atoms with Gasteiger partial charge < -0.3 is 4.42 Å². The lowest BCUT2D eigenvalue weighted by Crippen LogP contribution is -2.14. The molecule has 0 aliphatic heterocycles. The highest BCUT2D eigenvalue weighted by molar-refractivity contribution is 7.26. The number of oxazole rings is 1. The minimum Gasteiger partial charge on any atom is -0.435 e. The Balaban J connectivity index is 1.10. The summed E-state index contributed by atoms with van der Waals surface area (Å²) in [6.07, 6.45) is 0. The van der Waals surface area contributed by atoms with Gasteiger partial charge >= 0.3 is 0 Å². The Hall–Kier alpha value is -4.99. The highest BCUT2D eigenvalue weighted by Gasteiger charge is 2.35. The van der Waals surface area contributed by atoms with E-state index < -0.39 is 0 Å². The Morgan fingerprint density at radius 3 is 2.14 bits per heavy atom. The molecule has 1 aliphatic rings. The minimum absolute atomic E-state index is 0.0513. The predicted molar refractivity (Wildman–Crippen MR) is 181 cm³/mol. The smallest absolute Gasteiger partial charge is 0.227 e. The number of hydrogen-bond donors (Lipinski definition) is 0. The largest absolute Gasteiger partial charge is 0.435 e. The van der Waals surface area contributed by atoms with Crippen molar-refractivity contribution < 1.29 is 4.42 Å². The molecule has 3 heteroatoms. The Bertz CT molecular complexity index is 2370. The van der Waals surface area contributed by atoms with Crippen molar-refractivity contribution in [2.75, 3.05) is 0 Å². The Morgan fingerprint density at radius 1 is 0.558 bits per heavy atom. The van der Waals surface area contributed by atoms with Crippen LogP contribution in [0.4, 0.5) is 0 Å². The van der Waals surface area contributed by atoms with Gasteiger partial charge in [-0.05, 0) is 69.3 Å². The van der Waals surface area contributed by atoms with Gasteiger partial charge in [0.15, 0.2) is 5.58 Å². The molecule has 1 aliphatic carbocycles. The summed E-state index contributed by atoms with van der Waals surface area (Å²) < 4.78 is 9.16. The van der Waals surface area contributed by atoms with Crippen LogP contribution in [0.25, 0.3) is 76.1 Å². The van der Waals surface area contributed by atoms with E-state index in [0.717, 1.165) is 27.8 Å². The van der Waals surface area contributed by atoms with Crippen LogP contribution in [0.1, 0.15) is 25.0 Å². The third-order valence-corrected chi connectivity index (χ3v) is 10.4. The van der Waals surface area contributed by atoms with Gasteiger partial charge in [-0.2, -0.15) is 0 Å². The monoisotopic (exact) mass is 569 g/mol. The van der Waals surface area contributed by atoms with E-state index in [9.17, 15) is 0 Å². The van der Waals surface area contributed by atoms with E-state index in [1.54, 1.807) is 0 Å². The quantitative estimate of drug-likeness (QED) is 0.211. The summed E-state index contributed by atoms with van der Waals surface area (Å²) in [6.45, 7) is 4.64. The van der Waals surface area contributed by atoms with E-state index >= 15 is 0 Å². The summed E-state index contributed by atoms with van der Waals surface area (Å²) in [7, 11) is 0. The summed E-state index contributed by atoms with van der Waals surface area (Å²) in [5.41, 5.74) is 12.7. The molecule has 2 aromatic heterocycles. The molecule has 0 saturated heterocycles. The number of benzene rings is 6. The molecule has 0 saturated carbocycles. The summed E-state index contributed by atoms with van der Waals surface area (Å²) in [5, 5.41) is 2.63. The van der Waals surface area contributed by atoms with Crippen LogP contribution in [0, 0.1) is 0 Å². The summed E-state index contributed by atoms with van der Waals surface area (Å²) in [4.78, 5) is 4.92. The van der Waals surface area contributed by atoms with E-state index in [-0.39, 0.29) is 5.41 Å². The number of hydrogen-bond acceptors (Lipinski definition) is 3. The molecule has 43 heavy (non-hydrogen) atoms. The minimum atomic E-state index is -0.0513. The molecule has 2 heterocycles. The molecule has 0 spiro atoms. The Kier molecular flexibility index (Phi) is 5.15. The number of fused-ring (bicyclic) bond motifs is 7. The van der Waals surface area contributed by atoms with Crippen molar-refractivity contribution in [1.29, 1.82) is 0 Å². The molecule has 9 rings (SSSR count). The maximum absolute atomic E-state index is 6.52. The first kappa shape index (κ1) is 24.6. The van der Waals surface area contributed by atoms with Crippen LogP contribution < -0.4 is 0 Å². The lowest BCUT2D eigenvalue weighted by Gasteiger charge is -2.22. The molecular formula is C40H27NOS. The van der Waals surface area contributed by atoms with E-state index in [0.29, 0.717) is 5.89 Å². The molecule has 204 valence electrons. The van der Waals surface area contributed by atoms with Crippen molar-refractivity contribution in [1.82, 2.24) is 4.98 Å². The van der Waals surface area contributed by atoms with Gasteiger partial charge in [0, 0.05) is 36.7 Å². The maximum Gasteiger partial charge on any atom is 0.227 e. The standard InChI is InChI=1S/C40H27NOS/c1-40(2)33-14-5-3-9-29(33)30-22-21-26(23-34(30)40)27-11-8-15-35-37(27)42-39(41-35)25-19-17-24(18-20-25)28-12-7-13-32-31-10-4-6-16-36(31)43-38(28)32/h3-23H,1-2H3. The predicted octanol–water partition coefficient (Wildman–Crippen LogP) is 11.5. The van der Waals surface area contributed by atoms with Crippen LogP contribution in [0.5, 0.6) is 0 Å². The molecule has 0 unspecified atom stereocenters. The Morgan fingerprint density at radius 2 is 1.23 bits per heavy atom. The zero-order chi connectivity index (χ0) is 28.7. The van der Waals surface area contributed by atoms with Crippen LogP contribution in [-0.4, -0.2) is 4.98 Å². The third kappa shape index (κ3) is 3.62. The number of thiophene rings is 1. The molecule has 0 atom stereocenters. The van der Waals surface area contributed by atoms with E-state index in [4.69, 9.17) is 9.40 Å². The van der Waals surface area contributed by atoms with Gasteiger partial charge in [0.25, 0.3) is 0 Å². The highest BCUT2D eigenvalue weighted by atomic mass is 32.1. The van der Waals surface area contributed by atoms with Crippen LogP contribution in [0.3, 0.4) is 0 Å². The molecule has 0 radical (unpaired) electrons. The fourth-order valence-electron chi connectivity index (χ4n) is 6.94. The first-order chi connectivity index (χ1) is 21.1. The van der Waals surface area contributed by atoms with Crippen molar-refractivity contribution in [3.05, 3.63) is 139 Å². The second kappa shape index (κ2) is 9.00. The lowest BCUT2D eigenvalue weighted by molar-refractivity contribution is 0.620. The fraction of sp³-hybridized carbons (Fsp3) is 0.0750. The summed E-state index contributed by atoms with van der Waals surface area (Å²) in [6, 6.07) is 45.7. The number of para-hydroxylation sites is 1. The lowest BCUT2D eigenvalue weighted by atomic mass is 9.81. The van der Waals surface area contributed by atoms with Gasteiger partial charge in [-0.3, -0.25) is 0 Å². The molecule has 0 fully saturated rings. The SMILES string of the molecule is CC1(C)c2ccccc2-c2ccc(-c3cccc4nc(-c5ccc(-c6cccc7c6sc6ccccc67)cc5)oc34)cc21. The van der Waals surface area contributed by atoms with E-state index in [1.807, 2.05) is 17.4 Å². The average Bonchev–Trinajstić information content (AvgIpc) is 3.72. The molecule has 8 aromatic rings. The van der Waals surface area contributed by atoms with Crippen molar-refractivity contribution in [2.24, 2.45) is 0 Å². The van der Waals surface area contributed by atoms with Crippen LogP contribution in [0.2, 0.25) is 0 Å². The zero-order valence-corrected chi connectivity index (χ0v) is 24.7. The van der Waals surface area contributed by atoms with Crippen molar-refractivity contribution >= 4 is 42.6 Å². The summed E-state index contributed by atoms with van der Waals surface area (Å²) >= 11 is 1.86. The van der Waals surface area contributed by atoms with Gasteiger partial charge in [0.1, 0.15) is 5.52 Å². The number of aromatic nitrogens is 1. The third-order valence-electron chi connectivity index (χ3n) is 9.16. The molecule has 0 amide bonds. The van der Waals surface area contributed by atoms with Crippen molar-refractivity contribution in [2.45, 2.75) is 19.3 Å². The zero-order valence-electron chi connectivity index (χ0n) is 23.9. The Labute approximate surface area is 253 Å². The normalized spacial score (nSPS) is 13.5. The molecule has 6 aromatic carbocycles. The maximum atomic E-state index is 6.52. The number of nitrogens with zero attached hydrogens (tertiary/aromatic N) is 1. The molecule has 2 nitrogen and oxygen atoms in total. The molecule has 0 N–H and O–H groups in total. The van der Waals surface area contributed by atoms with Gasteiger partial charge in [-0.15, -0.1) is 11.3 Å². The van der Waals surface area contributed by atoms with Gasteiger partial charge in [0.2, 0.25) is 5.89 Å². The van der Waals surface area contributed by atoms with Gasteiger partial charge in [-0.25, -0.2) is 4.98 Å². The summed E-state index contributed by atoms with van der Waals surface area (Å²) in [5.74, 6) is 0.642.